The minimum absolute atomic E-state index is 0.0486. The molecule has 1 heterocycles. The van der Waals surface area contributed by atoms with Gasteiger partial charge in [0, 0.05) is 5.02 Å². The molecule has 0 saturated carbocycles. The SMILES string of the molecule is CC(C)Oc1nc(Cl)nc(Nc2ccc(Cl)cc2F)n1. The number of ether oxygens (including phenoxy) is 1. The zero-order valence-corrected chi connectivity index (χ0v) is 12.2. The molecule has 1 aromatic carbocycles. The standard InChI is InChI=1S/C12H11Cl2FN4O/c1-6(2)20-12-18-10(14)17-11(19-12)16-9-4-3-7(13)5-8(9)15/h3-6H,1-2H3,(H,16,17,18,19). The maximum atomic E-state index is 13.7. The Kier molecular flexibility index (Phi) is 4.57. The molecule has 0 radical (unpaired) electrons. The summed E-state index contributed by atoms with van der Waals surface area (Å²) in [5.74, 6) is -0.442. The first-order valence-electron chi connectivity index (χ1n) is 5.74. The van der Waals surface area contributed by atoms with Gasteiger partial charge in [-0.2, -0.15) is 15.0 Å². The predicted molar refractivity (Wildman–Crippen MR) is 75.3 cm³/mol. The number of aromatic nitrogens is 3. The maximum absolute atomic E-state index is 13.7. The number of hydrogen-bond donors (Lipinski definition) is 1. The Morgan fingerprint density at radius 1 is 1.20 bits per heavy atom. The molecule has 0 saturated heterocycles. The fourth-order valence-electron chi connectivity index (χ4n) is 1.36. The Balaban J connectivity index is 2.26. The monoisotopic (exact) mass is 316 g/mol. The van der Waals surface area contributed by atoms with Crippen molar-refractivity contribution in [1.29, 1.82) is 0 Å². The van der Waals surface area contributed by atoms with Crippen molar-refractivity contribution in [2.45, 2.75) is 20.0 Å². The van der Waals surface area contributed by atoms with Crippen molar-refractivity contribution in [3.05, 3.63) is 34.3 Å². The van der Waals surface area contributed by atoms with Gasteiger partial charge in [-0.3, -0.25) is 0 Å². The first kappa shape index (κ1) is 14.7. The molecule has 0 bridgehead atoms. The fourth-order valence-corrected chi connectivity index (χ4v) is 1.67. The first-order valence-corrected chi connectivity index (χ1v) is 6.50. The van der Waals surface area contributed by atoms with E-state index in [1.807, 2.05) is 13.8 Å². The van der Waals surface area contributed by atoms with Gasteiger partial charge in [-0.1, -0.05) is 11.6 Å². The summed E-state index contributed by atoms with van der Waals surface area (Å²) in [6.45, 7) is 3.65. The van der Waals surface area contributed by atoms with E-state index in [2.05, 4.69) is 20.3 Å². The highest BCUT2D eigenvalue weighted by atomic mass is 35.5. The largest absolute Gasteiger partial charge is 0.461 e. The van der Waals surface area contributed by atoms with Gasteiger partial charge in [0.15, 0.2) is 0 Å². The van der Waals surface area contributed by atoms with Crippen LogP contribution in [0.5, 0.6) is 6.01 Å². The number of nitrogens with one attached hydrogen (secondary N) is 1. The Morgan fingerprint density at radius 3 is 2.60 bits per heavy atom. The molecule has 1 aromatic heterocycles. The van der Waals surface area contributed by atoms with Gasteiger partial charge in [-0.05, 0) is 43.6 Å². The van der Waals surface area contributed by atoms with E-state index in [-0.39, 0.29) is 29.0 Å². The summed E-state index contributed by atoms with van der Waals surface area (Å²) in [7, 11) is 0. The lowest BCUT2D eigenvalue weighted by Gasteiger charge is -2.10. The summed E-state index contributed by atoms with van der Waals surface area (Å²) in [6.07, 6.45) is -0.117. The van der Waals surface area contributed by atoms with E-state index in [1.54, 1.807) is 6.07 Å². The number of rotatable bonds is 4. The number of hydrogen-bond acceptors (Lipinski definition) is 5. The van der Waals surface area contributed by atoms with E-state index in [1.165, 1.54) is 12.1 Å². The van der Waals surface area contributed by atoms with E-state index in [9.17, 15) is 4.39 Å². The molecule has 0 spiro atoms. The normalized spacial score (nSPS) is 10.7. The van der Waals surface area contributed by atoms with Gasteiger partial charge in [0.05, 0.1) is 11.8 Å². The lowest BCUT2D eigenvalue weighted by molar-refractivity contribution is 0.222. The van der Waals surface area contributed by atoms with Crippen molar-refractivity contribution in [2.75, 3.05) is 5.32 Å². The fraction of sp³-hybridized carbons (Fsp3) is 0.250. The molecule has 5 nitrogen and oxygen atoms in total. The third-order valence-electron chi connectivity index (χ3n) is 2.11. The topological polar surface area (TPSA) is 59.9 Å². The van der Waals surface area contributed by atoms with Crippen LogP contribution in [-0.4, -0.2) is 21.1 Å². The van der Waals surface area contributed by atoms with Crippen LogP contribution < -0.4 is 10.1 Å². The van der Waals surface area contributed by atoms with Gasteiger partial charge in [0.2, 0.25) is 11.2 Å². The van der Waals surface area contributed by atoms with Crippen molar-refractivity contribution in [2.24, 2.45) is 0 Å². The van der Waals surface area contributed by atoms with Gasteiger partial charge in [-0.25, -0.2) is 4.39 Å². The molecular formula is C12H11Cl2FN4O. The molecule has 2 rings (SSSR count). The van der Waals surface area contributed by atoms with E-state index >= 15 is 0 Å². The lowest BCUT2D eigenvalue weighted by atomic mass is 10.3. The van der Waals surface area contributed by atoms with Crippen LogP contribution in [0.4, 0.5) is 16.0 Å². The number of halogens is 3. The molecule has 1 N–H and O–H groups in total. The van der Waals surface area contributed by atoms with Crippen molar-refractivity contribution < 1.29 is 9.13 Å². The van der Waals surface area contributed by atoms with Gasteiger partial charge >= 0.3 is 6.01 Å². The molecule has 0 aliphatic rings. The van der Waals surface area contributed by atoms with Gasteiger partial charge < -0.3 is 10.1 Å². The Morgan fingerprint density at radius 2 is 1.95 bits per heavy atom. The Bertz CT molecular complexity index is 624. The quantitative estimate of drug-likeness (QED) is 0.928. The van der Waals surface area contributed by atoms with Crippen LogP contribution in [0.2, 0.25) is 10.3 Å². The van der Waals surface area contributed by atoms with Crippen molar-refractivity contribution >= 4 is 34.8 Å². The average molecular weight is 317 g/mol. The summed E-state index contributed by atoms with van der Waals surface area (Å²) in [5.41, 5.74) is 0.173. The molecule has 20 heavy (non-hydrogen) atoms. The zero-order chi connectivity index (χ0) is 14.7. The second-order valence-electron chi connectivity index (χ2n) is 4.13. The summed E-state index contributed by atoms with van der Waals surface area (Å²) in [4.78, 5) is 11.7. The molecule has 0 aliphatic heterocycles. The second kappa shape index (κ2) is 6.19. The number of nitrogens with zero attached hydrogens (tertiary/aromatic N) is 3. The predicted octanol–water partition coefficient (Wildman–Crippen LogP) is 3.85. The van der Waals surface area contributed by atoms with Gasteiger partial charge in [0.25, 0.3) is 0 Å². The van der Waals surface area contributed by atoms with E-state index < -0.39 is 5.82 Å². The van der Waals surface area contributed by atoms with Crippen LogP contribution >= 0.6 is 23.2 Å². The summed E-state index contributed by atoms with van der Waals surface area (Å²) < 4.78 is 19.0. The molecule has 0 aliphatic carbocycles. The third-order valence-corrected chi connectivity index (χ3v) is 2.51. The second-order valence-corrected chi connectivity index (χ2v) is 4.90. The van der Waals surface area contributed by atoms with E-state index in [0.29, 0.717) is 5.02 Å². The lowest BCUT2D eigenvalue weighted by Crippen LogP contribution is -2.10. The Hall–Kier alpha value is -1.66. The van der Waals surface area contributed by atoms with E-state index in [0.717, 1.165) is 0 Å². The molecule has 2 aromatic rings. The van der Waals surface area contributed by atoms with E-state index in [4.69, 9.17) is 27.9 Å². The molecule has 8 heteroatoms. The molecule has 0 unspecified atom stereocenters. The highest BCUT2D eigenvalue weighted by Crippen LogP contribution is 2.22. The molecular weight excluding hydrogens is 306 g/mol. The smallest absolute Gasteiger partial charge is 0.322 e. The summed E-state index contributed by atoms with van der Waals surface area (Å²) in [6, 6.07) is 4.26. The minimum Gasteiger partial charge on any atom is -0.461 e. The van der Waals surface area contributed by atoms with Crippen LogP contribution in [0, 0.1) is 5.82 Å². The highest BCUT2D eigenvalue weighted by molar-refractivity contribution is 6.30. The van der Waals surface area contributed by atoms with Gasteiger partial charge in [0.1, 0.15) is 5.82 Å². The van der Waals surface area contributed by atoms with Crippen LogP contribution in [0.25, 0.3) is 0 Å². The van der Waals surface area contributed by atoms with Crippen LogP contribution in [-0.2, 0) is 0 Å². The van der Waals surface area contributed by atoms with Crippen molar-refractivity contribution in [3.8, 4) is 6.01 Å². The highest BCUT2D eigenvalue weighted by Gasteiger charge is 2.10. The Labute approximate surface area is 125 Å². The first-order chi connectivity index (χ1) is 9.44. The zero-order valence-electron chi connectivity index (χ0n) is 10.7. The average Bonchev–Trinajstić information content (AvgIpc) is 2.31. The van der Waals surface area contributed by atoms with Crippen LogP contribution in [0.15, 0.2) is 18.2 Å². The number of anilines is 2. The van der Waals surface area contributed by atoms with Crippen molar-refractivity contribution in [3.63, 3.8) is 0 Å². The van der Waals surface area contributed by atoms with Crippen LogP contribution in [0.1, 0.15) is 13.8 Å². The van der Waals surface area contributed by atoms with Gasteiger partial charge in [-0.15, -0.1) is 0 Å². The van der Waals surface area contributed by atoms with Crippen molar-refractivity contribution in [1.82, 2.24) is 15.0 Å². The molecule has 0 fully saturated rings. The maximum Gasteiger partial charge on any atom is 0.322 e. The molecule has 106 valence electrons. The molecule has 0 atom stereocenters. The summed E-state index contributed by atoms with van der Waals surface area (Å²) in [5, 5.41) is 2.94. The third kappa shape index (κ3) is 3.91. The van der Waals surface area contributed by atoms with Crippen LogP contribution in [0.3, 0.4) is 0 Å². The number of benzene rings is 1. The summed E-state index contributed by atoms with van der Waals surface area (Å²) >= 11 is 11.4. The minimum atomic E-state index is -0.527. The molecule has 0 amide bonds.